The first-order chi connectivity index (χ1) is 12.1. The average molecular weight is 359 g/mol. The van der Waals surface area contributed by atoms with E-state index in [2.05, 4.69) is 9.97 Å². The summed E-state index contributed by atoms with van der Waals surface area (Å²) in [6.07, 6.45) is 6.00. The Bertz CT molecular complexity index is 907. The zero-order chi connectivity index (χ0) is 17.8. The van der Waals surface area contributed by atoms with Crippen LogP contribution in [-0.2, 0) is 0 Å². The van der Waals surface area contributed by atoms with E-state index < -0.39 is 4.92 Å². The number of nitrogen functional groups attached to an aromatic ring is 1. The molecular weight excluding hydrogens is 348 g/mol. The van der Waals surface area contributed by atoms with Gasteiger partial charge in [-0.1, -0.05) is 11.6 Å². The Balaban J connectivity index is 2.08. The fraction of sp³-hybridized carbons (Fsp3) is 0. The molecule has 126 valence electrons. The van der Waals surface area contributed by atoms with Crippen LogP contribution < -0.4 is 15.2 Å². The van der Waals surface area contributed by atoms with E-state index in [1.54, 1.807) is 36.7 Å². The number of aromatic nitrogens is 2. The van der Waals surface area contributed by atoms with Crippen molar-refractivity contribution in [3.8, 4) is 23.0 Å². The molecule has 0 saturated carbocycles. The molecule has 0 saturated heterocycles. The van der Waals surface area contributed by atoms with Gasteiger partial charge in [0.25, 0.3) is 5.69 Å². The second kappa shape index (κ2) is 7.02. The van der Waals surface area contributed by atoms with Crippen LogP contribution in [-0.4, -0.2) is 14.9 Å². The van der Waals surface area contributed by atoms with Gasteiger partial charge in [-0.25, -0.2) is 0 Å². The van der Waals surface area contributed by atoms with Crippen molar-refractivity contribution in [2.75, 3.05) is 5.73 Å². The van der Waals surface area contributed by atoms with Crippen molar-refractivity contribution in [1.29, 1.82) is 0 Å². The topological polar surface area (TPSA) is 113 Å². The third kappa shape index (κ3) is 3.59. The number of nitrogens with two attached hydrogens (primary N) is 1. The first-order valence-corrected chi connectivity index (χ1v) is 7.36. The number of nitrogens with zero attached hydrogens (tertiary/aromatic N) is 3. The molecule has 0 fully saturated rings. The smallest absolute Gasteiger partial charge is 0.299 e. The monoisotopic (exact) mass is 358 g/mol. The largest absolute Gasteiger partial charge is 0.454 e. The normalized spacial score (nSPS) is 10.3. The molecule has 0 bridgehead atoms. The summed E-state index contributed by atoms with van der Waals surface area (Å²) in [5, 5.41) is 11.3. The predicted molar refractivity (Wildman–Crippen MR) is 91.1 cm³/mol. The number of anilines is 1. The minimum atomic E-state index is -0.641. The van der Waals surface area contributed by atoms with Gasteiger partial charge in [-0.3, -0.25) is 20.1 Å². The summed E-state index contributed by atoms with van der Waals surface area (Å²) < 4.78 is 11.2. The van der Waals surface area contributed by atoms with Crippen molar-refractivity contribution in [3.05, 3.63) is 70.3 Å². The van der Waals surface area contributed by atoms with E-state index in [0.717, 1.165) is 6.07 Å². The Hall–Kier alpha value is -3.39. The molecule has 1 aromatic carbocycles. The molecule has 25 heavy (non-hydrogen) atoms. The minimum Gasteiger partial charge on any atom is -0.454 e. The third-order valence-corrected chi connectivity index (χ3v) is 3.48. The van der Waals surface area contributed by atoms with E-state index in [-0.39, 0.29) is 27.9 Å². The maximum absolute atomic E-state index is 11.3. The van der Waals surface area contributed by atoms with E-state index in [9.17, 15) is 10.1 Å². The van der Waals surface area contributed by atoms with Gasteiger partial charge in [0, 0.05) is 12.4 Å². The first kappa shape index (κ1) is 16.5. The van der Waals surface area contributed by atoms with E-state index in [0.29, 0.717) is 11.5 Å². The molecule has 2 aromatic heterocycles. The minimum absolute atomic E-state index is 0.00388. The summed E-state index contributed by atoms with van der Waals surface area (Å²) >= 11 is 6.30. The standard InChI is InChI=1S/C16H11ClN4O4/c17-14-13(24-10-3-1-5-19-8-10)7-12(21(22)23)15(18)16(14)25-11-4-2-6-20-9-11/h1-9H,18H2. The Morgan fingerprint density at radius 2 is 1.68 bits per heavy atom. The molecule has 2 N–H and O–H groups in total. The first-order valence-electron chi connectivity index (χ1n) is 6.98. The lowest BCUT2D eigenvalue weighted by Gasteiger charge is -2.14. The van der Waals surface area contributed by atoms with Crippen LogP contribution in [0, 0.1) is 10.1 Å². The summed E-state index contributed by atoms with van der Waals surface area (Å²) in [6, 6.07) is 7.68. The Kier molecular flexibility index (Phi) is 4.62. The Labute approximate surface area is 147 Å². The molecule has 0 radical (unpaired) electrons. The highest BCUT2D eigenvalue weighted by Gasteiger charge is 2.25. The number of ether oxygens (including phenoxy) is 2. The summed E-state index contributed by atoms with van der Waals surface area (Å²) in [6.45, 7) is 0. The van der Waals surface area contributed by atoms with Crippen LogP contribution in [0.25, 0.3) is 0 Å². The highest BCUT2D eigenvalue weighted by molar-refractivity contribution is 6.34. The molecule has 3 rings (SSSR count). The maximum atomic E-state index is 11.3. The van der Waals surface area contributed by atoms with Crippen molar-refractivity contribution in [1.82, 2.24) is 9.97 Å². The molecule has 9 heteroatoms. The molecule has 0 spiro atoms. The molecular formula is C16H11ClN4O4. The maximum Gasteiger partial charge on any atom is 0.299 e. The summed E-state index contributed by atoms with van der Waals surface area (Å²) in [4.78, 5) is 18.5. The lowest BCUT2D eigenvalue weighted by molar-refractivity contribution is -0.384. The van der Waals surface area contributed by atoms with Gasteiger partial charge in [0.05, 0.1) is 23.4 Å². The van der Waals surface area contributed by atoms with Crippen molar-refractivity contribution in [2.24, 2.45) is 0 Å². The third-order valence-electron chi connectivity index (χ3n) is 3.12. The fourth-order valence-electron chi connectivity index (χ4n) is 2.00. The number of pyridine rings is 2. The molecule has 0 unspecified atom stereocenters. The van der Waals surface area contributed by atoms with E-state index in [1.165, 1.54) is 12.4 Å². The molecule has 0 amide bonds. The van der Waals surface area contributed by atoms with Gasteiger partial charge >= 0.3 is 0 Å². The zero-order valence-corrected chi connectivity index (χ0v) is 13.4. The molecule has 0 aliphatic carbocycles. The number of nitro benzene ring substituents is 1. The highest BCUT2D eigenvalue weighted by atomic mass is 35.5. The molecule has 2 heterocycles. The number of hydrogen-bond acceptors (Lipinski definition) is 7. The van der Waals surface area contributed by atoms with Crippen LogP contribution in [0.15, 0.2) is 55.1 Å². The summed E-state index contributed by atoms with van der Waals surface area (Å²) in [7, 11) is 0. The lowest BCUT2D eigenvalue weighted by atomic mass is 10.2. The average Bonchev–Trinajstić information content (AvgIpc) is 2.62. The van der Waals surface area contributed by atoms with Gasteiger partial charge in [0.1, 0.15) is 16.5 Å². The summed E-state index contributed by atoms with van der Waals surface area (Å²) in [5.74, 6) is 0.622. The highest BCUT2D eigenvalue weighted by Crippen LogP contribution is 2.47. The van der Waals surface area contributed by atoms with Crippen LogP contribution >= 0.6 is 11.6 Å². The van der Waals surface area contributed by atoms with Gasteiger partial charge in [0.15, 0.2) is 17.2 Å². The van der Waals surface area contributed by atoms with Crippen molar-refractivity contribution >= 4 is 23.0 Å². The number of benzene rings is 1. The second-order valence-corrected chi connectivity index (χ2v) is 5.17. The Morgan fingerprint density at radius 3 is 2.20 bits per heavy atom. The van der Waals surface area contributed by atoms with Crippen molar-refractivity contribution in [2.45, 2.75) is 0 Å². The van der Waals surface area contributed by atoms with Gasteiger partial charge in [-0.15, -0.1) is 0 Å². The van der Waals surface area contributed by atoms with E-state index >= 15 is 0 Å². The number of hydrogen-bond donors (Lipinski definition) is 1. The van der Waals surface area contributed by atoms with Gasteiger partial charge < -0.3 is 15.2 Å². The van der Waals surface area contributed by atoms with Gasteiger partial charge in [0.2, 0.25) is 0 Å². The van der Waals surface area contributed by atoms with Crippen LogP contribution in [0.2, 0.25) is 5.02 Å². The molecule has 8 nitrogen and oxygen atoms in total. The van der Waals surface area contributed by atoms with Crippen LogP contribution in [0.4, 0.5) is 11.4 Å². The van der Waals surface area contributed by atoms with E-state index in [1.807, 2.05) is 0 Å². The number of nitro groups is 1. The van der Waals surface area contributed by atoms with Crippen molar-refractivity contribution in [3.63, 3.8) is 0 Å². The quantitative estimate of drug-likeness (QED) is 0.413. The molecule has 3 aromatic rings. The lowest BCUT2D eigenvalue weighted by Crippen LogP contribution is -2.01. The van der Waals surface area contributed by atoms with Crippen LogP contribution in [0.5, 0.6) is 23.0 Å². The van der Waals surface area contributed by atoms with Crippen molar-refractivity contribution < 1.29 is 14.4 Å². The molecule has 0 atom stereocenters. The number of rotatable bonds is 5. The van der Waals surface area contributed by atoms with Gasteiger partial charge in [-0.05, 0) is 24.3 Å². The van der Waals surface area contributed by atoms with E-state index in [4.69, 9.17) is 26.8 Å². The fourth-order valence-corrected chi connectivity index (χ4v) is 2.23. The Morgan fingerprint density at radius 1 is 1.08 bits per heavy atom. The van der Waals surface area contributed by atoms with Gasteiger partial charge in [-0.2, -0.15) is 0 Å². The number of halogens is 1. The molecule has 0 aliphatic heterocycles. The summed E-state index contributed by atoms with van der Waals surface area (Å²) in [5.41, 5.74) is 5.26. The van der Waals surface area contributed by atoms with Crippen LogP contribution in [0.3, 0.4) is 0 Å². The van der Waals surface area contributed by atoms with Crippen LogP contribution in [0.1, 0.15) is 0 Å². The predicted octanol–water partition coefficient (Wildman–Crippen LogP) is 4.21. The SMILES string of the molecule is Nc1c([N+](=O)[O-])cc(Oc2cccnc2)c(Cl)c1Oc1cccnc1. The second-order valence-electron chi connectivity index (χ2n) is 4.79. The molecule has 0 aliphatic rings. The zero-order valence-electron chi connectivity index (χ0n) is 12.6.